The van der Waals surface area contributed by atoms with E-state index in [0.717, 1.165) is 31.2 Å². The van der Waals surface area contributed by atoms with Crippen molar-refractivity contribution in [3.63, 3.8) is 0 Å². The zero-order valence-corrected chi connectivity index (χ0v) is 16.7. The normalized spacial score (nSPS) is 17.1. The molecule has 0 N–H and O–H groups in total. The Balaban J connectivity index is 2.08. The second-order valence-electron chi connectivity index (χ2n) is 7.92. The molecule has 0 spiro atoms. The number of benzene rings is 1. The van der Waals surface area contributed by atoms with Crippen LogP contribution in [0.15, 0.2) is 48.7 Å². The molecule has 0 aliphatic carbocycles. The molecule has 0 bridgehead atoms. The molecular weight excluding hydrogens is 354 g/mol. The largest absolute Gasteiger partial charge is 0.443 e. The quantitative estimate of drug-likeness (QED) is 0.711. The Morgan fingerprint density at radius 1 is 1.18 bits per heavy atom. The number of likely N-dealkylation sites (tertiary alicyclic amines) is 1. The smallest absolute Gasteiger partial charge is 0.420 e. The number of amides is 2. The Morgan fingerprint density at radius 2 is 1.93 bits per heavy atom. The highest BCUT2D eigenvalue weighted by Gasteiger charge is 2.32. The van der Waals surface area contributed by atoms with E-state index in [2.05, 4.69) is 4.98 Å². The first kappa shape index (κ1) is 19.9. The van der Waals surface area contributed by atoms with Crippen LogP contribution in [0.5, 0.6) is 0 Å². The Morgan fingerprint density at radius 3 is 2.61 bits per heavy atom. The number of ether oxygens (including phenoxy) is 1. The molecular formula is C22H27N3O3. The second kappa shape index (κ2) is 8.42. The highest BCUT2D eigenvalue weighted by molar-refractivity contribution is 5.96. The van der Waals surface area contributed by atoms with Gasteiger partial charge in [0.15, 0.2) is 0 Å². The highest BCUT2D eigenvalue weighted by atomic mass is 16.6. The van der Waals surface area contributed by atoms with Crippen molar-refractivity contribution < 1.29 is 14.3 Å². The molecule has 6 nitrogen and oxygen atoms in total. The lowest BCUT2D eigenvalue weighted by Crippen LogP contribution is -2.37. The fourth-order valence-electron chi connectivity index (χ4n) is 3.47. The first-order valence-corrected chi connectivity index (χ1v) is 9.65. The molecule has 28 heavy (non-hydrogen) atoms. The molecule has 0 unspecified atom stereocenters. The molecule has 3 rings (SSSR count). The summed E-state index contributed by atoms with van der Waals surface area (Å²) in [5.41, 5.74) is 0.882. The topological polar surface area (TPSA) is 62.7 Å². The SMILES string of the molecule is CC(C)(C)OC(=O)N(c1ccccc1)c1ncccc1[C@H]1CCCCN1C=O. The molecule has 1 aromatic heterocycles. The summed E-state index contributed by atoms with van der Waals surface area (Å²) in [5.74, 6) is 0.502. The molecule has 1 fully saturated rings. The van der Waals surface area contributed by atoms with E-state index in [1.54, 1.807) is 11.1 Å². The summed E-state index contributed by atoms with van der Waals surface area (Å²) >= 11 is 0. The lowest BCUT2D eigenvalue weighted by atomic mass is 9.96. The number of rotatable bonds is 4. The lowest BCUT2D eigenvalue weighted by Gasteiger charge is -2.35. The number of aromatic nitrogens is 1. The van der Waals surface area contributed by atoms with E-state index < -0.39 is 11.7 Å². The number of nitrogens with zero attached hydrogens (tertiary/aromatic N) is 3. The summed E-state index contributed by atoms with van der Waals surface area (Å²) in [6.45, 7) is 6.22. The van der Waals surface area contributed by atoms with E-state index in [4.69, 9.17) is 4.74 Å². The minimum Gasteiger partial charge on any atom is -0.443 e. The standard InChI is InChI=1S/C22H27N3O3/c1-22(2,3)28-21(27)25(17-10-5-4-6-11-17)20-18(12-9-14-23-20)19-13-7-8-15-24(19)16-26/h4-6,9-12,14,16,19H,7-8,13,15H2,1-3H3/t19-/m1/s1. The zero-order chi connectivity index (χ0) is 20.1. The third kappa shape index (κ3) is 4.50. The molecule has 1 saturated heterocycles. The number of pyridine rings is 1. The minimum atomic E-state index is -0.640. The molecule has 0 radical (unpaired) electrons. The van der Waals surface area contributed by atoms with Gasteiger partial charge in [-0.1, -0.05) is 24.3 Å². The zero-order valence-electron chi connectivity index (χ0n) is 16.7. The number of piperidine rings is 1. The van der Waals surface area contributed by atoms with Crippen LogP contribution in [0.25, 0.3) is 0 Å². The van der Waals surface area contributed by atoms with Crippen molar-refractivity contribution in [2.24, 2.45) is 0 Å². The van der Waals surface area contributed by atoms with Crippen molar-refractivity contribution >= 4 is 24.0 Å². The summed E-state index contributed by atoms with van der Waals surface area (Å²) in [5, 5.41) is 0. The Bertz CT molecular complexity index is 817. The average Bonchev–Trinajstić information content (AvgIpc) is 2.68. The van der Waals surface area contributed by atoms with E-state index in [1.807, 2.05) is 63.2 Å². The molecule has 1 aromatic carbocycles. The third-order valence-corrected chi connectivity index (χ3v) is 4.66. The summed E-state index contributed by atoms with van der Waals surface area (Å²) in [6.07, 6.45) is 4.91. The van der Waals surface area contributed by atoms with E-state index >= 15 is 0 Å². The van der Waals surface area contributed by atoms with Gasteiger partial charge in [-0.3, -0.25) is 4.79 Å². The van der Waals surface area contributed by atoms with Crippen LogP contribution in [-0.2, 0) is 9.53 Å². The predicted molar refractivity (Wildman–Crippen MR) is 108 cm³/mol. The maximum atomic E-state index is 13.1. The Kier molecular flexibility index (Phi) is 5.97. The third-order valence-electron chi connectivity index (χ3n) is 4.66. The van der Waals surface area contributed by atoms with Gasteiger partial charge in [-0.15, -0.1) is 0 Å². The van der Waals surface area contributed by atoms with Crippen LogP contribution >= 0.6 is 0 Å². The molecule has 6 heteroatoms. The van der Waals surface area contributed by atoms with E-state index in [9.17, 15) is 9.59 Å². The molecule has 1 aliphatic heterocycles. The number of carbonyl (C=O) groups is 2. The van der Waals surface area contributed by atoms with E-state index in [-0.39, 0.29) is 6.04 Å². The second-order valence-corrected chi connectivity index (χ2v) is 7.92. The van der Waals surface area contributed by atoms with Crippen LogP contribution in [0.4, 0.5) is 16.3 Å². The van der Waals surface area contributed by atoms with E-state index in [0.29, 0.717) is 18.1 Å². The molecule has 2 heterocycles. The van der Waals surface area contributed by atoms with Crippen molar-refractivity contribution in [2.45, 2.75) is 51.7 Å². The van der Waals surface area contributed by atoms with Crippen molar-refractivity contribution in [2.75, 3.05) is 11.4 Å². The number of hydrogen-bond acceptors (Lipinski definition) is 4. The molecule has 148 valence electrons. The maximum Gasteiger partial charge on any atom is 0.420 e. The fraction of sp³-hybridized carbons (Fsp3) is 0.409. The monoisotopic (exact) mass is 381 g/mol. The van der Waals surface area contributed by atoms with Crippen LogP contribution in [-0.4, -0.2) is 34.5 Å². The van der Waals surface area contributed by atoms with Crippen LogP contribution in [0.3, 0.4) is 0 Å². The van der Waals surface area contributed by atoms with E-state index in [1.165, 1.54) is 4.90 Å². The molecule has 0 saturated carbocycles. The van der Waals surface area contributed by atoms with Crippen molar-refractivity contribution in [3.8, 4) is 0 Å². The first-order chi connectivity index (χ1) is 13.4. The first-order valence-electron chi connectivity index (χ1n) is 9.65. The van der Waals surface area contributed by atoms with Crippen LogP contribution in [0.2, 0.25) is 0 Å². The summed E-state index contributed by atoms with van der Waals surface area (Å²) in [6, 6.07) is 13.0. The van der Waals surface area contributed by atoms with Gasteiger partial charge in [0.1, 0.15) is 11.4 Å². The van der Waals surface area contributed by atoms with Gasteiger partial charge in [-0.25, -0.2) is 14.7 Å². The number of para-hydroxylation sites is 1. The summed E-state index contributed by atoms with van der Waals surface area (Å²) < 4.78 is 5.67. The van der Waals surface area contributed by atoms with Crippen LogP contribution < -0.4 is 4.90 Å². The van der Waals surface area contributed by atoms with Crippen molar-refractivity contribution in [3.05, 3.63) is 54.2 Å². The summed E-state index contributed by atoms with van der Waals surface area (Å²) in [7, 11) is 0. The highest BCUT2D eigenvalue weighted by Crippen LogP contribution is 2.37. The number of carbonyl (C=O) groups excluding carboxylic acids is 2. The van der Waals surface area contributed by atoms with Gasteiger partial charge in [0.25, 0.3) is 0 Å². The fourth-order valence-corrected chi connectivity index (χ4v) is 3.47. The molecule has 1 aliphatic rings. The van der Waals surface area contributed by atoms with Gasteiger partial charge in [-0.05, 0) is 58.2 Å². The molecule has 2 aromatic rings. The van der Waals surface area contributed by atoms with Gasteiger partial charge >= 0.3 is 6.09 Å². The van der Waals surface area contributed by atoms with Crippen LogP contribution in [0, 0.1) is 0 Å². The van der Waals surface area contributed by atoms with Gasteiger partial charge in [0.05, 0.1) is 11.7 Å². The predicted octanol–water partition coefficient (Wildman–Crippen LogP) is 4.84. The summed E-state index contributed by atoms with van der Waals surface area (Å²) in [4.78, 5) is 32.6. The minimum absolute atomic E-state index is 0.108. The van der Waals surface area contributed by atoms with Gasteiger partial charge < -0.3 is 9.64 Å². The average molecular weight is 381 g/mol. The lowest BCUT2D eigenvalue weighted by molar-refractivity contribution is -0.121. The molecule has 1 atom stereocenters. The number of anilines is 2. The van der Waals surface area contributed by atoms with Crippen molar-refractivity contribution in [1.82, 2.24) is 9.88 Å². The van der Waals surface area contributed by atoms with Crippen molar-refractivity contribution in [1.29, 1.82) is 0 Å². The Hall–Kier alpha value is -2.89. The van der Waals surface area contributed by atoms with Gasteiger partial charge in [0, 0.05) is 18.3 Å². The number of hydrogen-bond donors (Lipinski definition) is 0. The Labute approximate surface area is 166 Å². The maximum absolute atomic E-state index is 13.1. The van der Waals surface area contributed by atoms with Gasteiger partial charge in [0.2, 0.25) is 6.41 Å². The van der Waals surface area contributed by atoms with Gasteiger partial charge in [-0.2, -0.15) is 0 Å². The molecule has 2 amide bonds. The van der Waals surface area contributed by atoms with Crippen LogP contribution in [0.1, 0.15) is 51.6 Å².